The van der Waals surface area contributed by atoms with Crippen molar-refractivity contribution < 1.29 is 9.53 Å². The Balaban J connectivity index is 2.03. The van der Waals surface area contributed by atoms with E-state index in [2.05, 4.69) is 20.2 Å². The molecule has 110 valence electrons. The first kappa shape index (κ1) is 14.4. The number of urea groups is 1. The van der Waals surface area contributed by atoms with E-state index in [0.717, 1.165) is 25.3 Å². The second-order valence-corrected chi connectivity index (χ2v) is 4.72. The molecule has 2 heterocycles. The fourth-order valence-electron chi connectivity index (χ4n) is 2.37. The Morgan fingerprint density at radius 2 is 2.30 bits per heavy atom. The first-order valence-corrected chi connectivity index (χ1v) is 6.78. The van der Waals surface area contributed by atoms with Gasteiger partial charge in [-0.05, 0) is 13.3 Å². The van der Waals surface area contributed by atoms with Gasteiger partial charge in [0.15, 0.2) is 5.82 Å². The monoisotopic (exact) mass is 279 g/mol. The lowest BCUT2D eigenvalue weighted by Gasteiger charge is -2.25. The van der Waals surface area contributed by atoms with Crippen LogP contribution in [0.5, 0.6) is 5.88 Å². The molecule has 20 heavy (non-hydrogen) atoms. The Morgan fingerprint density at radius 3 is 3.00 bits per heavy atom. The van der Waals surface area contributed by atoms with E-state index in [-0.39, 0.29) is 12.1 Å². The molecule has 1 aromatic rings. The molecule has 1 fully saturated rings. The van der Waals surface area contributed by atoms with Gasteiger partial charge in [0.05, 0.1) is 13.2 Å². The standard InChI is InChI=1S/C13H21N5O2/c1-4-14-13(19)17(2)10-5-8-18(9-10)11-12(20-3)16-7-6-15-11/h6-7,10H,4-5,8-9H2,1-3H3,(H,14,19). The number of methoxy groups -OCH3 is 1. The number of hydrogen-bond acceptors (Lipinski definition) is 5. The number of likely N-dealkylation sites (N-methyl/N-ethyl adjacent to an activating group) is 1. The van der Waals surface area contributed by atoms with Crippen LogP contribution in [0.2, 0.25) is 0 Å². The first-order valence-electron chi connectivity index (χ1n) is 6.78. The molecule has 1 N–H and O–H groups in total. The van der Waals surface area contributed by atoms with Crippen molar-refractivity contribution in [3.05, 3.63) is 12.4 Å². The van der Waals surface area contributed by atoms with Gasteiger partial charge in [-0.2, -0.15) is 0 Å². The van der Waals surface area contributed by atoms with E-state index in [1.54, 1.807) is 24.4 Å². The molecule has 0 aromatic carbocycles. The molecule has 1 saturated heterocycles. The Kier molecular flexibility index (Phi) is 4.60. The van der Waals surface area contributed by atoms with E-state index in [9.17, 15) is 4.79 Å². The molecule has 1 aliphatic rings. The highest BCUT2D eigenvalue weighted by molar-refractivity contribution is 5.74. The molecule has 0 bridgehead atoms. The molecular weight excluding hydrogens is 258 g/mol. The lowest BCUT2D eigenvalue weighted by molar-refractivity contribution is 0.195. The third kappa shape index (κ3) is 2.92. The first-order chi connectivity index (χ1) is 9.67. The SMILES string of the molecule is CCNC(=O)N(C)C1CCN(c2nccnc2OC)C1. The summed E-state index contributed by atoms with van der Waals surface area (Å²) in [6, 6.07) is 0.138. The number of anilines is 1. The number of ether oxygens (including phenoxy) is 1. The molecular formula is C13H21N5O2. The van der Waals surface area contributed by atoms with Crippen molar-refractivity contribution in [3.63, 3.8) is 0 Å². The van der Waals surface area contributed by atoms with Gasteiger partial charge in [-0.25, -0.2) is 14.8 Å². The number of rotatable bonds is 4. The van der Waals surface area contributed by atoms with Gasteiger partial charge in [0.25, 0.3) is 5.88 Å². The predicted molar refractivity (Wildman–Crippen MR) is 76.0 cm³/mol. The molecule has 1 unspecified atom stereocenters. The number of hydrogen-bond donors (Lipinski definition) is 1. The van der Waals surface area contributed by atoms with Crippen LogP contribution in [0.15, 0.2) is 12.4 Å². The van der Waals surface area contributed by atoms with E-state index < -0.39 is 0 Å². The quantitative estimate of drug-likeness (QED) is 0.879. The summed E-state index contributed by atoms with van der Waals surface area (Å²) in [5.41, 5.74) is 0. The number of carbonyl (C=O) groups excluding carboxylic acids is 1. The normalized spacial score (nSPS) is 17.9. The number of amides is 2. The molecule has 7 nitrogen and oxygen atoms in total. The number of aromatic nitrogens is 2. The van der Waals surface area contributed by atoms with Gasteiger partial charge >= 0.3 is 6.03 Å². The van der Waals surface area contributed by atoms with Crippen molar-refractivity contribution in [3.8, 4) is 5.88 Å². The summed E-state index contributed by atoms with van der Waals surface area (Å²) in [5.74, 6) is 1.26. The zero-order valence-corrected chi connectivity index (χ0v) is 12.2. The third-order valence-electron chi connectivity index (χ3n) is 3.50. The third-order valence-corrected chi connectivity index (χ3v) is 3.50. The second-order valence-electron chi connectivity index (χ2n) is 4.72. The largest absolute Gasteiger partial charge is 0.478 e. The van der Waals surface area contributed by atoms with Gasteiger partial charge in [0.2, 0.25) is 0 Å². The molecule has 1 aromatic heterocycles. The van der Waals surface area contributed by atoms with Crippen LogP contribution in [0.25, 0.3) is 0 Å². The number of nitrogens with zero attached hydrogens (tertiary/aromatic N) is 4. The van der Waals surface area contributed by atoms with Gasteiger partial charge in [0, 0.05) is 39.1 Å². The van der Waals surface area contributed by atoms with Crippen molar-refractivity contribution >= 4 is 11.8 Å². The summed E-state index contributed by atoms with van der Waals surface area (Å²) in [6.07, 6.45) is 4.17. The van der Waals surface area contributed by atoms with Gasteiger partial charge in [-0.3, -0.25) is 0 Å². The second kappa shape index (κ2) is 6.40. The molecule has 1 aliphatic heterocycles. The summed E-state index contributed by atoms with van der Waals surface area (Å²) in [6.45, 7) is 4.13. The predicted octanol–water partition coefficient (Wildman–Crippen LogP) is 0.725. The number of nitrogens with one attached hydrogen (secondary N) is 1. The maximum Gasteiger partial charge on any atom is 0.317 e. The fraction of sp³-hybridized carbons (Fsp3) is 0.615. The van der Waals surface area contributed by atoms with E-state index in [1.807, 2.05) is 14.0 Å². The maximum atomic E-state index is 11.8. The highest BCUT2D eigenvalue weighted by atomic mass is 16.5. The van der Waals surface area contributed by atoms with E-state index in [1.165, 1.54) is 0 Å². The Labute approximate surface area is 118 Å². The van der Waals surface area contributed by atoms with Crippen LogP contribution in [0.1, 0.15) is 13.3 Å². The zero-order valence-electron chi connectivity index (χ0n) is 12.2. The minimum Gasteiger partial charge on any atom is -0.478 e. The number of carbonyl (C=O) groups is 1. The van der Waals surface area contributed by atoms with E-state index in [4.69, 9.17) is 4.74 Å². The molecule has 0 spiro atoms. The summed E-state index contributed by atoms with van der Waals surface area (Å²) < 4.78 is 5.23. The lowest BCUT2D eigenvalue weighted by atomic mass is 10.2. The van der Waals surface area contributed by atoms with Crippen LogP contribution in [-0.4, -0.2) is 60.7 Å². The van der Waals surface area contributed by atoms with Gasteiger partial charge in [-0.1, -0.05) is 0 Å². The van der Waals surface area contributed by atoms with Crippen LogP contribution in [0, 0.1) is 0 Å². The molecule has 0 radical (unpaired) electrons. The van der Waals surface area contributed by atoms with Crippen LogP contribution in [-0.2, 0) is 0 Å². The lowest BCUT2D eigenvalue weighted by Crippen LogP contribution is -2.44. The Morgan fingerprint density at radius 1 is 1.55 bits per heavy atom. The Hall–Kier alpha value is -2.05. The maximum absolute atomic E-state index is 11.8. The van der Waals surface area contributed by atoms with Crippen molar-refractivity contribution in [1.29, 1.82) is 0 Å². The summed E-state index contributed by atoms with van der Waals surface area (Å²) in [4.78, 5) is 24.2. The van der Waals surface area contributed by atoms with Crippen LogP contribution < -0.4 is 15.0 Å². The average molecular weight is 279 g/mol. The summed E-state index contributed by atoms with van der Waals surface area (Å²) in [7, 11) is 3.41. The summed E-state index contributed by atoms with van der Waals surface area (Å²) >= 11 is 0. The van der Waals surface area contributed by atoms with Crippen LogP contribution in [0.4, 0.5) is 10.6 Å². The minimum absolute atomic E-state index is 0.0366. The van der Waals surface area contributed by atoms with Crippen molar-refractivity contribution in [2.45, 2.75) is 19.4 Å². The van der Waals surface area contributed by atoms with Crippen molar-refractivity contribution in [1.82, 2.24) is 20.2 Å². The van der Waals surface area contributed by atoms with E-state index in [0.29, 0.717) is 12.4 Å². The molecule has 0 aliphatic carbocycles. The van der Waals surface area contributed by atoms with Crippen LogP contribution >= 0.6 is 0 Å². The van der Waals surface area contributed by atoms with Gasteiger partial charge in [-0.15, -0.1) is 0 Å². The van der Waals surface area contributed by atoms with Crippen molar-refractivity contribution in [2.24, 2.45) is 0 Å². The Bertz CT molecular complexity index is 468. The minimum atomic E-state index is -0.0366. The molecule has 0 saturated carbocycles. The molecule has 1 atom stereocenters. The van der Waals surface area contributed by atoms with E-state index >= 15 is 0 Å². The topological polar surface area (TPSA) is 70.6 Å². The highest BCUT2D eigenvalue weighted by Gasteiger charge is 2.30. The average Bonchev–Trinajstić information content (AvgIpc) is 2.96. The van der Waals surface area contributed by atoms with Crippen LogP contribution in [0.3, 0.4) is 0 Å². The van der Waals surface area contributed by atoms with Crippen molar-refractivity contribution in [2.75, 3.05) is 38.7 Å². The molecule has 2 amide bonds. The zero-order chi connectivity index (χ0) is 14.5. The fourth-order valence-corrected chi connectivity index (χ4v) is 2.37. The highest BCUT2D eigenvalue weighted by Crippen LogP contribution is 2.27. The molecule has 2 rings (SSSR count). The smallest absolute Gasteiger partial charge is 0.317 e. The molecule has 7 heteroatoms. The van der Waals surface area contributed by atoms with Gasteiger partial charge < -0.3 is 19.9 Å². The summed E-state index contributed by atoms with van der Waals surface area (Å²) in [5, 5.41) is 2.82. The van der Waals surface area contributed by atoms with Gasteiger partial charge in [0.1, 0.15) is 0 Å².